The zero-order valence-corrected chi connectivity index (χ0v) is 13.6. The molecule has 1 aliphatic rings. The molecular weight excluding hydrogens is 272 g/mol. The first-order chi connectivity index (χ1) is 10.6. The lowest BCUT2D eigenvalue weighted by Crippen LogP contribution is -2.33. The fraction of sp³-hybridized carbons (Fsp3) is 0.444. The van der Waals surface area contributed by atoms with Gasteiger partial charge < -0.3 is 10.2 Å². The van der Waals surface area contributed by atoms with Crippen molar-refractivity contribution in [1.82, 2.24) is 9.97 Å². The molecule has 0 bridgehead atoms. The van der Waals surface area contributed by atoms with Crippen LogP contribution in [0.3, 0.4) is 0 Å². The maximum Gasteiger partial charge on any atom is 0.229 e. The van der Waals surface area contributed by atoms with Gasteiger partial charge in [0.1, 0.15) is 5.82 Å². The highest BCUT2D eigenvalue weighted by Crippen LogP contribution is 2.23. The molecule has 22 heavy (non-hydrogen) atoms. The maximum atomic E-state index is 4.68. The largest absolute Gasteiger partial charge is 0.356 e. The van der Waals surface area contributed by atoms with Gasteiger partial charge in [0.25, 0.3) is 0 Å². The van der Waals surface area contributed by atoms with Crippen molar-refractivity contribution in [3.05, 3.63) is 41.6 Å². The second kappa shape index (κ2) is 6.34. The molecule has 0 atom stereocenters. The monoisotopic (exact) mass is 296 g/mol. The zero-order valence-electron chi connectivity index (χ0n) is 13.6. The van der Waals surface area contributed by atoms with Crippen LogP contribution in [0.15, 0.2) is 30.5 Å². The third kappa shape index (κ3) is 3.38. The lowest BCUT2D eigenvalue weighted by atomic mass is 9.99. The molecule has 116 valence electrons. The van der Waals surface area contributed by atoms with Crippen molar-refractivity contribution in [1.29, 1.82) is 0 Å². The Morgan fingerprint density at radius 3 is 2.64 bits per heavy atom. The van der Waals surface area contributed by atoms with Gasteiger partial charge in [0, 0.05) is 25.0 Å². The number of hydrogen-bond donors (Lipinski definition) is 1. The maximum absolute atomic E-state index is 4.68. The van der Waals surface area contributed by atoms with Crippen LogP contribution in [0.4, 0.5) is 17.5 Å². The van der Waals surface area contributed by atoms with Crippen LogP contribution in [-0.4, -0.2) is 23.1 Å². The highest BCUT2D eigenvalue weighted by atomic mass is 15.2. The predicted molar refractivity (Wildman–Crippen MR) is 91.8 cm³/mol. The van der Waals surface area contributed by atoms with E-state index in [1.54, 1.807) is 0 Å². The quantitative estimate of drug-likeness (QED) is 0.927. The molecule has 4 heteroatoms. The molecule has 1 N–H and O–H groups in total. The Labute approximate surface area is 132 Å². The number of nitrogens with zero attached hydrogens (tertiary/aromatic N) is 3. The van der Waals surface area contributed by atoms with Gasteiger partial charge in [-0.2, -0.15) is 4.98 Å². The first-order valence-electron chi connectivity index (χ1n) is 8.04. The highest BCUT2D eigenvalue weighted by molar-refractivity contribution is 5.59. The van der Waals surface area contributed by atoms with Gasteiger partial charge in [0.15, 0.2) is 0 Å². The molecule has 3 rings (SSSR count). The lowest BCUT2D eigenvalue weighted by Gasteiger charge is -2.31. The van der Waals surface area contributed by atoms with Crippen molar-refractivity contribution < 1.29 is 0 Å². The molecule has 0 aliphatic carbocycles. The fourth-order valence-corrected chi connectivity index (χ4v) is 2.90. The molecule has 0 saturated carbocycles. The van der Waals surface area contributed by atoms with Crippen molar-refractivity contribution in [2.24, 2.45) is 5.92 Å². The molecule has 2 aromatic rings. The van der Waals surface area contributed by atoms with Gasteiger partial charge in [-0.05, 0) is 50.3 Å². The van der Waals surface area contributed by atoms with E-state index < -0.39 is 0 Å². The summed E-state index contributed by atoms with van der Waals surface area (Å²) in [6.45, 7) is 8.70. The Kier molecular flexibility index (Phi) is 4.27. The van der Waals surface area contributed by atoms with Crippen LogP contribution in [0.25, 0.3) is 0 Å². The number of piperidine rings is 1. The second-order valence-electron chi connectivity index (χ2n) is 6.35. The molecule has 1 aromatic carbocycles. The number of anilines is 3. The van der Waals surface area contributed by atoms with E-state index in [4.69, 9.17) is 0 Å². The Hall–Kier alpha value is -2.10. The molecule has 2 heterocycles. The molecule has 1 saturated heterocycles. The number of hydrogen-bond acceptors (Lipinski definition) is 4. The fourth-order valence-electron chi connectivity index (χ4n) is 2.90. The van der Waals surface area contributed by atoms with Crippen molar-refractivity contribution in [3.63, 3.8) is 0 Å². The van der Waals surface area contributed by atoms with Crippen LogP contribution in [0, 0.1) is 19.8 Å². The van der Waals surface area contributed by atoms with E-state index in [1.165, 1.54) is 24.0 Å². The molecule has 0 amide bonds. The number of aryl methyl sites for hydroxylation is 2. The number of rotatable bonds is 3. The van der Waals surface area contributed by atoms with E-state index in [1.807, 2.05) is 12.3 Å². The summed E-state index contributed by atoms with van der Waals surface area (Å²) in [4.78, 5) is 11.4. The summed E-state index contributed by atoms with van der Waals surface area (Å²) in [5, 5.41) is 3.34. The molecule has 1 aliphatic heterocycles. The minimum absolute atomic E-state index is 0.670. The lowest BCUT2D eigenvalue weighted by molar-refractivity contribution is 0.436. The van der Waals surface area contributed by atoms with Crippen LogP contribution < -0.4 is 10.2 Å². The average molecular weight is 296 g/mol. The van der Waals surface area contributed by atoms with Crippen molar-refractivity contribution >= 4 is 17.5 Å². The van der Waals surface area contributed by atoms with Crippen LogP contribution in [0.1, 0.15) is 30.9 Å². The minimum Gasteiger partial charge on any atom is -0.356 e. The average Bonchev–Trinajstić information content (AvgIpc) is 2.51. The summed E-state index contributed by atoms with van der Waals surface area (Å²) in [5.74, 6) is 2.52. The van der Waals surface area contributed by atoms with E-state index >= 15 is 0 Å². The van der Waals surface area contributed by atoms with Crippen molar-refractivity contribution in [2.45, 2.75) is 33.6 Å². The number of nitrogens with one attached hydrogen (secondary N) is 1. The van der Waals surface area contributed by atoms with E-state index in [2.05, 4.69) is 59.2 Å². The third-order valence-corrected chi connectivity index (χ3v) is 4.38. The molecule has 0 radical (unpaired) electrons. The minimum atomic E-state index is 0.670. The first kappa shape index (κ1) is 14.8. The Balaban J connectivity index is 1.76. The van der Waals surface area contributed by atoms with Crippen LogP contribution in [0.5, 0.6) is 0 Å². The zero-order chi connectivity index (χ0) is 15.5. The molecule has 4 nitrogen and oxygen atoms in total. The standard InChI is InChI=1S/C18H24N4/c1-13-7-10-22(11-8-13)17-6-9-19-18(21-17)20-16-5-4-14(2)12-15(16)3/h4-6,9,12-13H,7-8,10-11H2,1-3H3,(H,19,20,21). The SMILES string of the molecule is Cc1ccc(Nc2nccc(N3CCC(C)CC3)n2)c(C)c1. The Morgan fingerprint density at radius 1 is 1.14 bits per heavy atom. The summed E-state index contributed by atoms with van der Waals surface area (Å²) in [5.41, 5.74) is 3.54. The second-order valence-corrected chi connectivity index (χ2v) is 6.35. The Morgan fingerprint density at radius 2 is 1.91 bits per heavy atom. The summed E-state index contributed by atoms with van der Waals surface area (Å²) in [6.07, 6.45) is 4.32. The van der Waals surface area contributed by atoms with Crippen LogP contribution >= 0.6 is 0 Å². The molecule has 0 unspecified atom stereocenters. The van der Waals surface area contributed by atoms with Crippen molar-refractivity contribution in [3.8, 4) is 0 Å². The van der Waals surface area contributed by atoms with Crippen molar-refractivity contribution in [2.75, 3.05) is 23.3 Å². The number of aromatic nitrogens is 2. The molecule has 0 spiro atoms. The third-order valence-electron chi connectivity index (χ3n) is 4.38. The topological polar surface area (TPSA) is 41.1 Å². The number of benzene rings is 1. The van der Waals surface area contributed by atoms with E-state index in [-0.39, 0.29) is 0 Å². The van der Waals surface area contributed by atoms with Gasteiger partial charge in [0.05, 0.1) is 0 Å². The smallest absolute Gasteiger partial charge is 0.229 e. The van der Waals surface area contributed by atoms with Gasteiger partial charge >= 0.3 is 0 Å². The van der Waals surface area contributed by atoms with Gasteiger partial charge in [-0.15, -0.1) is 0 Å². The van der Waals surface area contributed by atoms with Gasteiger partial charge in [-0.25, -0.2) is 4.98 Å². The highest BCUT2D eigenvalue weighted by Gasteiger charge is 2.17. The van der Waals surface area contributed by atoms with Gasteiger partial charge in [-0.3, -0.25) is 0 Å². The first-order valence-corrected chi connectivity index (χ1v) is 8.04. The molecular formula is C18H24N4. The normalized spacial score (nSPS) is 15.9. The Bertz CT molecular complexity index is 645. The van der Waals surface area contributed by atoms with E-state index in [0.29, 0.717) is 5.95 Å². The van der Waals surface area contributed by atoms with Crippen LogP contribution in [-0.2, 0) is 0 Å². The summed E-state index contributed by atoms with van der Waals surface area (Å²) < 4.78 is 0. The van der Waals surface area contributed by atoms with Crippen LogP contribution in [0.2, 0.25) is 0 Å². The summed E-state index contributed by atoms with van der Waals surface area (Å²) in [7, 11) is 0. The molecule has 1 fully saturated rings. The van der Waals surface area contributed by atoms with Gasteiger partial charge in [-0.1, -0.05) is 24.6 Å². The molecule has 1 aromatic heterocycles. The summed E-state index contributed by atoms with van der Waals surface area (Å²) >= 11 is 0. The predicted octanol–water partition coefficient (Wildman–Crippen LogP) is 4.07. The summed E-state index contributed by atoms with van der Waals surface area (Å²) in [6, 6.07) is 8.36. The van der Waals surface area contributed by atoms with E-state index in [9.17, 15) is 0 Å². The van der Waals surface area contributed by atoms with E-state index in [0.717, 1.165) is 30.5 Å². The van der Waals surface area contributed by atoms with Gasteiger partial charge in [0.2, 0.25) is 5.95 Å².